The molecule has 1 aliphatic heterocycles. The van der Waals surface area contributed by atoms with Crippen LogP contribution in [0.1, 0.15) is 114 Å². The van der Waals surface area contributed by atoms with Gasteiger partial charge in [-0.15, -0.1) is 0 Å². The van der Waals surface area contributed by atoms with Crippen molar-refractivity contribution >= 4 is 5.97 Å². The smallest absolute Gasteiger partial charge is 0.307 e. The van der Waals surface area contributed by atoms with Crippen LogP contribution in [0.5, 0.6) is 0 Å². The highest BCUT2D eigenvalue weighted by molar-refractivity contribution is 5.73. The van der Waals surface area contributed by atoms with E-state index in [1.807, 2.05) is 24.5 Å². The first-order chi connectivity index (χ1) is 24.4. The molecule has 7 rings (SSSR count). The Morgan fingerprint density at radius 2 is 1.79 bits per heavy atom. The fourth-order valence-electron chi connectivity index (χ4n) is 12.8. The predicted octanol–water partition coefficient (Wildman–Crippen LogP) is 8.23. The van der Waals surface area contributed by atoms with E-state index in [2.05, 4.69) is 85.0 Å². The Balaban J connectivity index is 1.35. The Morgan fingerprint density at radius 3 is 2.44 bits per heavy atom. The lowest BCUT2D eigenvalue weighted by Gasteiger charge is -2.71. The number of hydrogen-bond acceptors (Lipinski definition) is 7. The first-order valence-electron chi connectivity index (χ1n) is 20.1. The minimum Gasteiger partial charge on any atom is -0.481 e. The van der Waals surface area contributed by atoms with E-state index in [0.29, 0.717) is 37.6 Å². The van der Waals surface area contributed by atoms with E-state index in [1.165, 1.54) is 5.57 Å². The summed E-state index contributed by atoms with van der Waals surface area (Å²) < 4.78 is 16.1. The van der Waals surface area contributed by atoms with Crippen molar-refractivity contribution < 1.29 is 19.4 Å². The summed E-state index contributed by atoms with van der Waals surface area (Å²) in [5.74, 6) is 1.39. The molecular formula is C43H65N5O4. The molecule has 5 aliphatic rings. The second-order valence-corrected chi connectivity index (χ2v) is 19.8. The zero-order valence-electron chi connectivity index (χ0n) is 33.5. The predicted molar refractivity (Wildman–Crippen MR) is 203 cm³/mol. The van der Waals surface area contributed by atoms with E-state index < -0.39 is 17.4 Å². The third-order valence-electron chi connectivity index (χ3n) is 16.8. The lowest BCUT2D eigenvalue weighted by molar-refractivity contribution is -0.252. The van der Waals surface area contributed by atoms with E-state index in [1.54, 1.807) is 6.33 Å². The van der Waals surface area contributed by atoms with Crippen molar-refractivity contribution in [2.45, 2.75) is 125 Å². The molecule has 3 saturated carbocycles. The summed E-state index contributed by atoms with van der Waals surface area (Å²) in [5, 5.41) is 16.1. The number of aromatic nitrogens is 4. The highest BCUT2D eigenvalue weighted by Crippen LogP contribution is 2.75. The van der Waals surface area contributed by atoms with Gasteiger partial charge in [0.2, 0.25) is 0 Å². The number of pyridine rings is 1. The van der Waals surface area contributed by atoms with Crippen LogP contribution in [-0.2, 0) is 14.3 Å². The lowest BCUT2D eigenvalue weighted by Crippen LogP contribution is -2.69. The van der Waals surface area contributed by atoms with Crippen LogP contribution in [0.4, 0.5) is 0 Å². The molecule has 0 amide bonds. The molecule has 0 aromatic carbocycles. The van der Waals surface area contributed by atoms with Gasteiger partial charge in [0.05, 0.1) is 37.9 Å². The molecule has 12 atom stereocenters. The standard InChI is InChI=1S/C43H65N5O4/c1-26(2)28(5)38(6)17-18-40(8)30-11-12-33-39(7)22-51-24-43(33,31(30)13-16-41(40,9)34(38)37(49)50)21-32(35(39)52-23-42(10,44)27(3)4)48-36(46-25-47-48)29-14-19-45-20-15-29/h13-15,19-20,25-28,30,32-35H,11-12,16-18,21-24,44H2,1-10H3,(H,49,50)/t28-,30+,32-,33+,34-,35+,38-,39-,40-,41+,42-,43+/m1/s1. The number of ether oxygens (including phenoxy) is 2. The van der Waals surface area contributed by atoms with Crippen molar-refractivity contribution in [2.24, 2.45) is 68.3 Å². The highest BCUT2D eigenvalue weighted by Gasteiger charge is 2.72. The molecule has 3 heterocycles. The zero-order valence-corrected chi connectivity index (χ0v) is 33.5. The summed E-state index contributed by atoms with van der Waals surface area (Å²) in [6, 6.07) is 3.90. The van der Waals surface area contributed by atoms with Crippen molar-refractivity contribution in [3.8, 4) is 11.4 Å². The average molecular weight is 716 g/mol. The average Bonchev–Trinajstić information content (AvgIpc) is 3.58. The molecule has 2 aromatic heterocycles. The number of hydrogen-bond donors (Lipinski definition) is 2. The largest absolute Gasteiger partial charge is 0.481 e. The Hall–Kier alpha value is -2.62. The second-order valence-electron chi connectivity index (χ2n) is 19.8. The van der Waals surface area contributed by atoms with E-state index in [-0.39, 0.29) is 51.1 Å². The number of carboxylic acids is 1. The van der Waals surface area contributed by atoms with Crippen LogP contribution in [-0.4, -0.2) is 62.3 Å². The van der Waals surface area contributed by atoms with Gasteiger partial charge in [-0.05, 0) is 103 Å². The normalized spacial score (nSPS) is 41.7. The van der Waals surface area contributed by atoms with Crippen molar-refractivity contribution in [3.05, 3.63) is 42.5 Å². The Labute approximate surface area is 311 Å². The molecule has 9 nitrogen and oxygen atoms in total. The third-order valence-corrected chi connectivity index (χ3v) is 16.8. The maximum atomic E-state index is 13.6. The van der Waals surface area contributed by atoms with Crippen LogP contribution in [0, 0.1) is 62.6 Å². The van der Waals surface area contributed by atoms with E-state index >= 15 is 0 Å². The Kier molecular flexibility index (Phi) is 9.22. The maximum absolute atomic E-state index is 13.6. The van der Waals surface area contributed by atoms with E-state index in [9.17, 15) is 9.90 Å². The summed E-state index contributed by atoms with van der Waals surface area (Å²) in [6.07, 6.45) is 13.3. The second kappa shape index (κ2) is 12.7. The molecule has 0 radical (unpaired) electrons. The van der Waals surface area contributed by atoms with Crippen LogP contribution in [0.3, 0.4) is 0 Å². The first kappa shape index (κ1) is 37.7. The van der Waals surface area contributed by atoms with Crippen molar-refractivity contribution in [1.29, 1.82) is 0 Å². The quantitative estimate of drug-likeness (QED) is 0.249. The van der Waals surface area contributed by atoms with E-state index in [0.717, 1.165) is 49.9 Å². The molecule has 0 unspecified atom stereocenters. The zero-order chi connectivity index (χ0) is 37.6. The topological polar surface area (TPSA) is 125 Å². The molecule has 52 heavy (non-hydrogen) atoms. The fourth-order valence-corrected chi connectivity index (χ4v) is 12.8. The number of aliphatic carboxylic acids is 1. The number of nitrogens with zero attached hydrogens (tertiary/aromatic N) is 4. The van der Waals surface area contributed by atoms with Gasteiger partial charge < -0.3 is 20.3 Å². The monoisotopic (exact) mass is 716 g/mol. The minimum atomic E-state index is -0.624. The number of allylic oxidation sites excluding steroid dienone is 1. The lowest BCUT2D eigenvalue weighted by atomic mass is 9.34. The van der Waals surface area contributed by atoms with Crippen molar-refractivity contribution in [1.82, 2.24) is 19.7 Å². The highest BCUT2D eigenvalue weighted by atomic mass is 16.5. The van der Waals surface area contributed by atoms with Crippen LogP contribution in [0.15, 0.2) is 42.5 Å². The SMILES string of the molecule is CC(C)[C@@H](C)[C@@]1(C)CC[C@]2(C)[C@H]3CC[C@@H]4[C@@]5(COC[C@@]4(C)[C@@H](OC[C@@](C)(N)C(C)C)[C@H](n4ncnc4-c4ccncc4)C5)C3=CC[C@@]2(C)[C@@H]1C(=O)O. The molecule has 0 spiro atoms. The molecule has 9 heteroatoms. The van der Waals surface area contributed by atoms with Gasteiger partial charge in [0.15, 0.2) is 5.82 Å². The summed E-state index contributed by atoms with van der Waals surface area (Å²) in [4.78, 5) is 22.6. The number of carbonyl (C=O) groups is 1. The molecular weight excluding hydrogens is 651 g/mol. The van der Waals surface area contributed by atoms with Gasteiger partial charge in [-0.25, -0.2) is 9.67 Å². The number of carboxylic acid groups (broad SMARTS) is 1. The van der Waals surface area contributed by atoms with Crippen molar-refractivity contribution in [2.75, 3.05) is 19.8 Å². The number of rotatable bonds is 9. The van der Waals surface area contributed by atoms with Gasteiger partial charge in [0.25, 0.3) is 0 Å². The van der Waals surface area contributed by atoms with Gasteiger partial charge in [-0.1, -0.05) is 74.0 Å². The van der Waals surface area contributed by atoms with Gasteiger partial charge in [0, 0.05) is 34.3 Å². The van der Waals surface area contributed by atoms with Gasteiger partial charge in [-0.3, -0.25) is 9.78 Å². The Bertz CT molecular complexity index is 1690. The summed E-state index contributed by atoms with van der Waals surface area (Å²) in [6.45, 7) is 24.4. The molecule has 1 saturated heterocycles. The van der Waals surface area contributed by atoms with Crippen LogP contribution >= 0.6 is 0 Å². The van der Waals surface area contributed by atoms with Crippen LogP contribution < -0.4 is 5.73 Å². The van der Waals surface area contributed by atoms with Gasteiger partial charge in [-0.2, -0.15) is 5.10 Å². The van der Waals surface area contributed by atoms with Crippen LogP contribution in [0.2, 0.25) is 0 Å². The molecule has 4 aliphatic carbocycles. The summed E-state index contributed by atoms with van der Waals surface area (Å²) in [5.41, 5.74) is 7.56. The number of nitrogens with two attached hydrogens (primary N) is 1. The first-order valence-corrected chi connectivity index (χ1v) is 20.1. The minimum absolute atomic E-state index is 0.104. The van der Waals surface area contributed by atoms with Gasteiger partial charge in [0.1, 0.15) is 6.33 Å². The van der Waals surface area contributed by atoms with Crippen LogP contribution in [0.25, 0.3) is 11.4 Å². The summed E-state index contributed by atoms with van der Waals surface area (Å²) >= 11 is 0. The molecule has 4 fully saturated rings. The molecule has 3 N–H and O–H groups in total. The van der Waals surface area contributed by atoms with E-state index in [4.69, 9.17) is 25.3 Å². The Morgan fingerprint density at radius 1 is 1.08 bits per heavy atom. The fraction of sp³-hybridized carbons (Fsp3) is 0.767. The van der Waals surface area contributed by atoms with Crippen molar-refractivity contribution in [3.63, 3.8) is 0 Å². The number of fused-ring (bicyclic) bond motifs is 3. The van der Waals surface area contributed by atoms with Gasteiger partial charge >= 0.3 is 5.97 Å². The molecule has 2 aromatic rings. The summed E-state index contributed by atoms with van der Waals surface area (Å²) in [7, 11) is 0. The third kappa shape index (κ3) is 5.25. The maximum Gasteiger partial charge on any atom is 0.307 e. The molecule has 286 valence electrons. The molecule has 2 bridgehead atoms.